The van der Waals surface area contributed by atoms with Gasteiger partial charge in [-0.05, 0) is 50.7 Å². The Labute approximate surface area is 339 Å². The molecule has 0 atom stereocenters. The van der Waals surface area contributed by atoms with Crippen molar-refractivity contribution in [1.82, 2.24) is 29.9 Å². The number of hydrogen-bond donors (Lipinski definition) is 0. The van der Waals surface area contributed by atoms with E-state index < -0.39 is 0 Å². The molecule has 0 aliphatic heterocycles. The predicted octanol–water partition coefficient (Wildman–Crippen LogP) is 12.8. The van der Waals surface area contributed by atoms with E-state index >= 15 is 0 Å². The van der Waals surface area contributed by atoms with Gasteiger partial charge in [0.15, 0.2) is 28.9 Å². The third kappa shape index (κ3) is 6.37. The largest absolute Gasteiger partial charge is 0.434 e. The van der Waals surface area contributed by atoms with Crippen LogP contribution in [-0.4, -0.2) is 29.9 Å². The van der Waals surface area contributed by atoms with Crippen molar-refractivity contribution in [1.29, 1.82) is 0 Å². The lowest BCUT2D eigenvalue weighted by molar-refractivity contribution is 0.651. The molecule has 7 heteroatoms. The van der Waals surface area contributed by atoms with Crippen LogP contribution in [0.25, 0.3) is 112 Å². The maximum Gasteiger partial charge on any atom is 0.229 e. The summed E-state index contributed by atoms with van der Waals surface area (Å²) in [7, 11) is 0. The zero-order chi connectivity index (χ0) is 39.1. The van der Waals surface area contributed by atoms with Gasteiger partial charge in [0.2, 0.25) is 5.71 Å². The molecular formula is C52H32N6O. The van der Waals surface area contributed by atoms with Gasteiger partial charge in [-0.15, -0.1) is 0 Å². The van der Waals surface area contributed by atoms with E-state index in [4.69, 9.17) is 29.3 Å². The van der Waals surface area contributed by atoms with Gasteiger partial charge in [0.25, 0.3) is 0 Å². The van der Waals surface area contributed by atoms with Crippen LogP contribution in [0.2, 0.25) is 0 Å². The molecule has 0 aliphatic carbocycles. The summed E-state index contributed by atoms with van der Waals surface area (Å²) in [4.78, 5) is 29.3. The molecule has 59 heavy (non-hydrogen) atoms. The van der Waals surface area contributed by atoms with E-state index in [0.29, 0.717) is 34.6 Å². The molecule has 0 N–H and O–H groups in total. The van der Waals surface area contributed by atoms with Crippen LogP contribution in [0, 0.1) is 0 Å². The molecule has 11 aromatic rings. The van der Waals surface area contributed by atoms with Gasteiger partial charge in [0.1, 0.15) is 5.52 Å². The van der Waals surface area contributed by atoms with Gasteiger partial charge < -0.3 is 4.42 Å². The first-order chi connectivity index (χ1) is 29.2. The number of aromatic nitrogens is 6. The van der Waals surface area contributed by atoms with Crippen LogP contribution in [0.4, 0.5) is 0 Å². The Morgan fingerprint density at radius 2 is 0.780 bits per heavy atom. The van der Waals surface area contributed by atoms with Gasteiger partial charge in [-0.3, -0.25) is 0 Å². The third-order valence-electron chi connectivity index (χ3n) is 10.7. The summed E-state index contributed by atoms with van der Waals surface area (Å²) in [6.45, 7) is 0. The van der Waals surface area contributed by atoms with Gasteiger partial charge in [0.05, 0.1) is 11.6 Å². The number of rotatable bonds is 7. The number of benzene rings is 7. The molecule has 11 rings (SSSR count). The Balaban J connectivity index is 0.931. The summed E-state index contributed by atoms with van der Waals surface area (Å²) in [5.41, 5.74) is 12.2. The molecule has 0 fully saturated rings. The molecule has 0 aliphatic rings. The minimum Gasteiger partial charge on any atom is -0.434 e. The fourth-order valence-electron chi connectivity index (χ4n) is 7.70. The van der Waals surface area contributed by atoms with E-state index in [-0.39, 0.29) is 0 Å². The van der Waals surface area contributed by atoms with Crippen molar-refractivity contribution in [2.24, 2.45) is 0 Å². The molecule has 0 unspecified atom stereocenters. The van der Waals surface area contributed by atoms with Gasteiger partial charge in [-0.2, -0.15) is 0 Å². The average Bonchev–Trinajstić information content (AvgIpc) is 3.69. The fraction of sp³-hybridized carbons (Fsp3) is 0. The second kappa shape index (κ2) is 14.4. The molecule has 0 saturated carbocycles. The first-order valence-electron chi connectivity index (χ1n) is 19.4. The molecular weight excluding hydrogens is 725 g/mol. The number of furan rings is 1. The highest BCUT2D eigenvalue weighted by Crippen LogP contribution is 2.37. The summed E-state index contributed by atoms with van der Waals surface area (Å²) >= 11 is 0. The van der Waals surface area contributed by atoms with E-state index in [0.717, 1.165) is 66.2 Å². The average molecular weight is 757 g/mol. The van der Waals surface area contributed by atoms with E-state index in [1.165, 1.54) is 11.1 Å². The van der Waals surface area contributed by atoms with Gasteiger partial charge in [-0.25, -0.2) is 29.9 Å². The number of pyridine rings is 1. The Morgan fingerprint density at radius 1 is 0.305 bits per heavy atom. The maximum absolute atomic E-state index is 6.08. The van der Waals surface area contributed by atoms with Crippen molar-refractivity contribution in [2.45, 2.75) is 0 Å². The van der Waals surface area contributed by atoms with E-state index in [2.05, 4.69) is 120 Å². The lowest BCUT2D eigenvalue weighted by Crippen LogP contribution is -2.00. The zero-order valence-electron chi connectivity index (χ0n) is 31.6. The van der Waals surface area contributed by atoms with E-state index in [1.54, 1.807) is 6.20 Å². The van der Waals surface area contributed by atoms with Crippen molar-refractivity contribution >= 4 is 33.0 Å². The Bertz CT molecular complexity index is 3240. The van der Waals surface area contributed by atoms with Crippen molar-refractivity contribution < 1.29 is 4.42 Å². The van der Waals surface area contributed by atoms with Gasteiger partial charge >= 0.3 is 0 Å². The summed E-state index contributed by atoms with van der Waals surface area (Å²) in [6.07, 6.45) is 3.58. The molecule has 0 radical (unpaired) electrons. The van der Waals surface area contributed by atoms with E-state index in [1.807, 2.05) is 72.9 Å². The Hall–Kier alpha value is -8.16. The van der Waals surface area contributed by atoms with Crippen LogP contribution < -0.4 is 0 Å². The topological polar surface area (TPSA) is 90.5 Å². The monoisotopic (exact) mass is 756 g/mol. The molecule has 0 saturated heterocycles. The zero-order valence-corrected chi connectivity index (χ0v) is 31.6. The molecule has 0 spiro atoms. The summed E-state index contributed by atoms with van der Waals surface area (Å²) < 4.78 is 6.08. The second-order valence-electron chi connectivity index (χ2n) is 14.4. The molecule has 7 nitrogen and oxygen atoms in total. The molecule has 4 heterocycles. The van der Waals surface area contributed by atoms with Crippen molar-refractivity contribution in [3.63, 3.8) is 0 Å². The number of hydrogen-bond acceptors (Lipinski definition) is 7. The molecule has 0 amide bonds. The molecule has 4 aromatic heterocycles. The highest BCUT2D eigenvalue weighted by Gasteiger charge is 2.17. The quantitative estimate of drug-likeness (QED) is 0.160. The van der Waals surface area contributed by atoms with Crippen molar-refractivity contribution in [2.75, 3.05) is 0 Å². The van der Waals surface area contributed by atoms with Crippen LogP contribution in [-0.2, 0) is 0 Å². The Kier molecular flexibility index (Phi) is 8.33. The molecule has 0 bridgehead atoms. The maximum atomic E-state index is 6.08. The summed E-state index contributed by atoms with van der Waals surface area (Å²) in [6, 6.07) is 62.2. The van der Waals surface area contributed by atoms with Crippen LogP contribution in [0.15, 0.2) is 199 Å². The normalized spacial score (nSPS) is 11.4. The fourth-order valence-corrected chi connectivity index (χ4v) is 7.70. The summed E-state index contributed by atoms with van der Waals surface area (Å²) in [5, 5.41) is 3.00. The van der Waals surface area contributed by atoms with Crippen molar-refractivity contribution in [3.8, 4) is 78.9 Å². The van der Waals surface area contributed by atoms with Gasteiger partial charge in [-0.1, -0.05) is 170 Å². The molecule has 7 aromatic carbocycles. The predicted molar refractivity (Wildman–Crippen MR) is 236 cm³/mol. The standard InChI is InChI=1S/C52H32N6O/c1-4-12-33(13-5-1)34-20-22-35(23-21-34)40-30-45-47-46(59-52(45)54-31-40)32-53-48(55-47)39-26-24-36(25-27-39)41-28-29-44(43-19-11-10-18-42(41)43)51-57-49(37-14-6-2-7-15-37)56-50(58-51)38-16-8-3-9-17-38/h1-32H. The highest BCUT2D eigenvalue weighted by molar-refractivity contribution is 6.05. The smallest absolute Gasteiger partial charge is 0.229 e. The second-order valence-corrected chi connectivity index (χ2v) is 14.4. The third-order valence-corrected chi connectivity index (χ3v) is 10.7. The minimum absolute atomic E-state index is 0.534. The lowest BCUT2D eigenvalue weighted by atomic mass is 9.94. The van der Waals surface area contributed by atoms with Crippen molar-refractivity contribution in [3.05, 3.63) is 194 Å². The van der Waals surface area contributed by atoms with Crippen LogP contribution in [0.5, 0.6) is 0 Å². The number of fused-ring (bicyclic) bond motifs is 4. The van der Waals surface area contributed by atoms with Crippen LogP contribution in [0.1, 0.15) is 0 Å². The van der Waals surface area contributed by atoms with E-state index in [9.17, 15) is 0 Å². The SMILES string of the molecule is c1ccc(-c2ccc(-c3cnc4oc5cnc(-c6ccc(-c7ccc(-c8nc(-c9ccccc9)nc(-c9ccccc9)n8)c8ccccc78)cc6)nc5c4c3)cc2)cc1. The first kappa shape index (κ1) is 34.1. The number of nitrogens with zero attached hydrogens (tertiary/aromatic N) is 6. The lowest BCUT2D eigenvalue weighted by Gasteiger charge is -2.13. The van der Waals surface area contributed by atoms with Crippen LogP contribution >= 0.6 is 0 Å². The Morgan fingerprint density at radius 3 is 1.42 bits per heavy atom. The first-order valence-corrected chi connectivity index (χ1v) is 19.4. The highest BCUT2D eigenvalue weighted by atomic mass is 16.3. The summed E-state index contributed by atoms with van der Waals surface area (Å²) in [5.74, 6) is 2.50. The molecule has 276 valence electrons. The van der Waals surface area contributed by atoms with Gasteiger partial charge in [0, 0.05) is 34.0 Å². The van der Waals surface area contributed by atoms with Crippen LogP contribution in [0.3, 0.4) is 0 Å². The minimum atomic E-state index is 0.534.